The van der Waals surface area contributed by atoms with Crippen LogP contribution in [-0.4, -0.2) is 21.5 Å². The first-order chi connectivity index (χ1) is 8.66. The standard InChI is InChI=1S/C14H20N4/c1-11-4-5-14(12(2)10-11)13(3)15-6-8-18-9-7-16-17-18/h4-5,7,9-10,13,15H,6,8H2,1-3H3. The van der Waals surface area contributed by atoms with Crippen molar-refractivity contribution in [2.24, 2.45) is 0 Å². The molecule has 1 heterocycles. The Labute approximate surface area is 108 Å². The molecule has 0 saturated heterocycles. The second-order valence-electron chi connectivity index (χ2n) is 4.70. The van der Waals surface area contributed by atoms with Crippen LogP contribution >= 0.6 is 0 Å². The van der Waals surface area contributed by atoms with Crippen LogP contribution in [0, 0.1) is 13.8 Å². The lowest BCUT2D eigenvalue weighted by Crippen LogP contribution is -2.24. The number of nitrogens with one attached hydrogen (secondary N) is 1. The number of hydrogen-bond acceptors (Lipinski definition) is 3. The van der Waals surface area contributed by atoms with Crippen LogP contribution in [0.1, 0.15) is 29.7 Å². The maximum atomic E-state index is 3.94. The molecule has 96 valence electrons. The zero-order valence-electron chi connectivity index (χ0n) is 11.2. The third-order valence-corrected chi connectivity index (χ3v) is 3.16. The molecule has 2 rings (SSSR count). The molecule has 0 aliphatic heterocycles. The van der Waals surface area contributed by atoms with Crippen molar-refractivity contribution in [3.8, 4) is 0 Å². The van der Waals surface area contributed by atoms with E-state index in [0.29, 0.717) is 6.04 Å². The maximum Gasteiger partial charge on any atom is 0.0692 e. The van der Waals surface area contributed by atoms with Crippen LogP contribution in [-0.2, 0) is 6.54 Å². The predicted molar refractivity (Wildman–Crippen MR) is 72.4 cm³/mol. The minimum absolute atomic E-state index is 0.356. The van der Waals surface area contributed by atoms with Crippen LogP contribution in [0.15, 0.2) is 30.6 Å². The van der Waals surface area contributed by atoms with Crippen LogP contribution in [0.3, 0.4) is 0 Å². The first kappa shape index (κ1) is 12.8. The van der Waals surface area contributed by atoms with E-state index in [0.717, 1.165) is 13.1 Å². The van der Waals surface area contributed by atoms with Gasteiger partial charge < -0.3 is 5.32 Å². The van der Waals surface area contributed by atoms with Gasteiger partial charge in [-0.15, -0.1) is 5.10 Å². The summed E-state index contributed by atoms with van der Waals surface area (Å²) in [6.45, 7) is 8.21. The number of rotatable bonds is 5. The molecule has 0 bridgehead atoms. The van der Waals surface area contributed by atoms with Gasteiger partial charge in [0.25, 0.3) is 0 Å². The van der Waals surface area contributed by atoms with Gasteiger partial charge in [0.15, 0.2) is 0 Å². The lowest BCUT2D eigenvalue weighted by Gasteiger charge is -2.17. The molecule has 0 aliphatic carbocycles. The topological polar surface area (TPSA) is 42.7 Å². The van der Waals surface area contributed by atoms with Crippen molar-refractivity contribution in [2.75, 3.05) is 6.54 Å². The first-order valence-corrected chi connectivity index (χ1v) is 6.31. The molecule has 0 spiro atoms. The Morgan fingerprint density at radius 1 is 1.33 bits per heavy atom. The van der Waals surface area contributed by atoms with E-state index in [9.17, 15) is 0 Å². The number of benzene rings is 1. The lowest BCUT2D eigenvalue weighted by molar-refractivity contribution is 0.498. The molecule has 0 saturated carbocycles. The predicted octanol–water partition coefficient (Wildman–Crippen LogP) is 2.25. The average molecular weight is 244 g/mol. The second-order valence-corrected chi connectivity index (χ2v) is 4.70. The van der Waals surface area contributed by atoms with Crippen LogP contribution in [0.25, 0.3) is 0 Å². The van der Waals surface area contributed by atoms with Crippen molar-refractivity contribution in [1.82, 2.24) is 20.3 Å². The van der Waals surface area contributed by atoms with E-state index in [1.165, 1.54) is 16.7 Å². The summed E-state index contributed by atoms with van der Waals surface area (Å²) >= 11 is 0. The highest BCUT2D eigenvalue weighted by Crippen LogP contribution is 2.18. The summed E-state index contributed by atoms with van der Waals surface area (Å²) in [5.74, 6) is 0. The highest BCUT2D eigenvalue weighted by molar-refractivity contribution is 5.32. The zero-order valence-corrected chi connectivity index (χ0v) is 11.2. The molecule has 1 unspecified atom stereocenters. The molecule has 0 aliphatic rings. The van der Waals surface area contributed by atoms with Crippen molar-refractivity contribution in [2.45, 2.75) is 33.4 Å². The largest absolute Gasteiger partial charge is 0.308 e. The minimum atomic E-state index is 0.356. The summed E-state index contributed by atoms with van der Waals surface area (Å²) in [6, 6.07) is 6.95. The number of hydrogen-bond donors (Lipinski definition) is 1. The molecule has 18 heavy (non-hydrogen) atoms. The average Bonchev–Trinajstić information content (AvgIpc) is 2.81. The summed E-state index contributed by atoms with van der Waals surface area (Å²) in [6.07, 6.45) is 3.58. The van der Waals surface area contributed by atoms with Gasteiger partial charge in [0.1, 0.15) is 0 Å². The van der Waals surface area contributed by atoms with Gasteiger partial charge >= 0.3 is 0 Å². The number of aryl methyl sites for hydroxylation is 2. The summed E-state index contributed by atoms with van der Waals surface area (Å²) in [4.78, 5) is 0. The van der Waals surface area contributed by atoms with E-state index < -0.39 is 0 Å². The normalized spacial score (nSPS) is 12.6. The molecule has 4 heteroatoms. The Hall–Kier alpha value is -1.68. The minimum Gasteiger partial charge on any atom is -0.308 e. The molecular formula is C14H20N4. The molecule has 1 N–H and O–H groups in total. The Kier molecular flexibility index (Phi) is 4.10. The fraction of sp³-hybridized carbons (Fsp3) is 0.429. The van der Waals surface area contributed by atoms with E-state index in [2.05, 4.69) is 54.6 Å². The van der Waals surface area contributed by atoms with E-state index in [1.54, 1.807) is 6.20 Å². The van der Waals surface area contributed by atoms with Crippen LogP contribution < -0.4 is 5.32 Å². The SMILES string of the molecule is Cc1ccc(C(C)NCCn2ccnn2)c(C)c1. The first-order valence-electron chi connectivity index (χ1n) is 6.31. The van der Waals surface area contributed by atoms with Gasteiger partial charge in [-0.05, 0) is 31.9 Å². The number of nitrogens with zero attached hydrogens (tertiary/aromatic N) is 3. The molecule has 2 aromatic rings. The van der Waals surface area contributed by atoms with Gasteiger partial charge in [-0.25, -0.2) is 0 Å². The lowest BCUT2D eigenvalue weighted by atomic mass is 10.0. The van der Waals surface area contributed by atoms with Crippen molar-refractivity contribution in [3.05, 3.63) is 47.3 Å². The fourth-order valence-electron chi connectivity index (χ4n) is 2.17. The Morgan fingerprint density at radius 2 is 2.17 bits per heavy atom. The Balaban J connectivity index is 1.89. The van der Waals surface area contributed by atoms with Crippen molar-refractivity contribution < 1.29 is 0 Å². The van der Waals surface area contributed by atoms with E-state index in [4.69, 9.17) is 0 Å². The van der Waals surface area contributed by atoms with Crippen LogP contribution in [0.5, 0.6) is 0 Å². The summed E-state index contributed by atoms with van der Waals surface area (Å²) in [5, 5.41) is 11.2. The molecule has 0 fully saturated rings. The van der Waals surface area contributed by atoms with Gasteiger partial charge in [-0.1, -0.05) is 29.0 Å². The maximum absolute atomic E-state index is 3.94. The summed E-state index contributed by atoms with van der Waals surface area (Å²) in [5.41, 5.74) is 4.01. The second kappa shape index (κ2) is 5.78. The molecule has 1 atom stereocenters. The van der Waals surface area contributed by atoms with Gasteiger partial charge in [0.05, 0.1) is 12.7 Å². The highest BCUT2D eigenvalue weighted by atomic mass is 15.4. The Morgan fingerprint density at radius 3 is 2.83 bits per heavy atom. The fourth-order valence-corrected chi connectivity index (χ4v) is 2.17. The smallest absolute Gasteiger partial charge is 0.0692 e. The molecular weight excluding hydrogens is 224 g/mol. The molecule has 0 radical (unpaired) electrons. The van der Waals surface area contributed by atoms with Crippen molar-refractivity contribution >= 4 is 0 Å². The highest BCUT2D eigenvalue weighted by Gasteiger charge is 2.07. The summed E-state index contributed by atoms with van der Waals surface area (Å²) < 4.78 is 1.84. The number of aromatic nitrogens is 3. The van der Waals surface area contributed by atoms with E-state index in [1.807, 2.05) is 10.9 Å². The van der Waals surface area contributed by atoms with Gasteiger partial charge in [0, 0.05) is 18.8 Å². The van der Waals surface area contributed by atoms with Crippen LogP contribution in [0.2, 0.25) is 0 Å². The van der Waals surface area contributed by atoms with Crippen LogP contribution in [0.4, 0.5) is 0 Å². The third kappa shape index (κ3) is 3.17. The third-order valence-electron chi connectivity index (χ3n) is 3.16. The monoisotopic (exact) mass is 244 g/mol. The van der Waals surface area contributed by atoms with E-state index >= 15 is 0 Å². The van der Waals surface area contributed by atoms with Gasteiger partial charge in [-0.3, -0.25) is 4.68 Å². The zero-order chi connectivity index (χ0) is 13.0. The van der Waals surface area contributed by atoms with Gasteiger partial charge in [-0.2, -0.15) is 0 Å². The molecule has 4 nitrogen and oxygen atoms in total. The Bertz CT molecular complexity index is 491. The quantitative estimate of drug-likeness (QED) is 0.877. The van der Waals surface area contributed by atoms with Crippen molar-refractivity contribution in [1.29, 1.82) is 0 Å². The molecule has 1 aromatic carbocycles. The summed E-state index contributed by atoms with van der Waals surface area (Å²) in [7, 11) is 0. The molecule has 0 amide bonds. The van der Waals surface area contributed by atoms with Crippen molar-refractivity contribution in [3.63, 3.8) is 0 Å². The van der Waals surface area contributed by atoms with E-state index in [-0.39, 0.29) is 0 Å². The molecule has 1 aromatic heterocycles. The van der Waals surface area contributed by atoms with Gasteiger partial charge in [0.2, 0.25) is 0 Å².